The van der Waals surface area contributed by atoms with Crippen LogP contribution in [0.5, 0.6) is 0 Å². The van der Waals surface area contributed by atoms with Gasteiger partial charge in [0.05, 0.1) is 6.54 Å². The van der Waals surface area contributed by atoms with Gasteiger partial charge in [0, 0.05) is 32.7 Å². The van der Waals surface area contributed by atoms with E-state index in [-0.39, 0.29) is 0 Å². The van der Waals surface area contributed by atoms with Crippen molar-refractivity contribution < 1.29 is 4.74 Å². The van der Waals surface area contributed by atoms with Gasteiger partial charge in [-0.1, -0.05) is 6.92 Å². The van der Waals surface area contributed by atoms with Gasteiger partial charge in [0.15, 0.2) is 0 Å². The molecule has 0 bridgehead atoms. The van der Waals surface area contributed by atoms with Gasteiger partial charge in [0.25, 0.3) is 0 Å². The molecule has 0 aliphatic rings. The van der Waals surface area contributed by atoms with Gasteiger partial charge in [0.2, 0.25) is 0 Å². The number of ether oxygens (including phenoxy) is 1. The minimum absolute atomic E-state index is 0.872. The van der Waals surface area contributed by atoms with E-state index in [9.17, 15) is 0 Å². The van der Waals surface area contributed by atoms with Gasteiger partial charge in [-0.25, -0.2) is 4.98 Å². The Morgan fingerprint density at radius 3 is 3.00 bits per heavy atom. The summed E-state index contributed by atoms with van der Waals surface area (Å²) < 4.78 is 7.24. The molecule has 0 radical (unpaired) electrons. The van der Waals surface area contributed by atoms with Crippen LogP contribution in [0.25, 0.3) is 0 Å². The monoisotopic (exact) mass is 239 g/mol. The highest BCUT2D eigenvalue weighted by molar-refractivity contribution is 4.91. The van der Waals surface area contributed by atoms with Gasteiger partial charge in [-0.15, -0.1) is 0 Å². The molecular weight excluding hydrogens is 214 g/mol. The zero-order chi connectivity index (χ0) is 12.3. The molecule has 0 aliphatic heterocycles. The second-order valence-electron chi connectivity index (χ2n) is 4.27. The van der Waals surface area contributed by atoms with E-state index in [1.54, 1.807) is 7.11 Å². The van der Waals surface area contributed by atoms with Crippen molar-refractivity contribution in [2.45, 2.75) is 45.7 Å². The minimum atomic E-state index is 0.872. The maximum atomic E-state index is 5.02. The SMILES string of the molecule is CCCn1ccnc1CNCCCCCOC. The van der Waals surface area contributed by atoms with E-state index in [2.05, 4.69) is 28.0 Å². The fourth-order valence-corrected chi connectivity index (χ4v) is 1.83. The molecule has 1 aromatic rings. The van der Waals surface area contributed by atoms with E-state index in [1.807, 2.05) is 6.20 Å². The number of hydrogen-bond acceptors (Lipinski definition) is 3. The van der Waals surface area contributed by atoms with Crippen LogP contribution in [0, 0.1) is 0 Å². The molecule has 98 valence electrons. The van der Waals surface area contributed by atoms with Gasteiger partial charge >= 0.3 is 0 Å². The number of rotatable bonds is 10. The lowest BCUT2D eigenvalue weighted by Crippen LogP contribution is -2.18. The van der Waals surface area contributed by atoms with Crippen molar-refractivity contribution >= 4 is 0 Å². The zero-order valence-corrected chi connectivity index (χ0v) is 11.1. The summed E-state index contributed by atoms with van der Waals surface area (Å²) in [6.07, 6.45) is 8.68. The number of nitrogens with one attached hydrogen (secondary N) is 1. The Morgan fingerprint density at radius 1 is 1.35 bits per heavy atom. The van der Waals surface area contributed by atoms with Crippen molar-refractivity contribution in [3.63, 3.8) is 0 Å². The molecule has 0 fully saturated rings. The summed E-state index contributed by atoms with van der Waals surface area (Å²) in [6.45, 7) is 6.05. The molecule has 0 aromatic carbocycles. The van der Waals surface area contributed by atoms with E-state index < -0.39 is 0 Å². The van der Waals surface area contributed by atoms with Gasteiger partial charge in [-0.3, -0.25) is 0 Å². The van der Waals surface area contributed by atoms with E-state index >= 15 is 0 Å². The molecule has 0 saturated heterocycles. The van der Waals surface area contributed by atoms with Crippen molar-refractivity contribution in [2.24, 2.45) is 0 Å². The number of aromatic nitrogens is 2. The standard InChI is InChI=1S/C13H25N3O/c1-3-9-16-10-8-15-13(16)12-14-7-5-4-6-11-17-2/h8,10,14H,3-7,9,11-12H2,1-2H3. The highest BCUT2D eigenvalue weighted by Crippen LogP contribution is 1.99. The van der Waals surface area contributed by atoms with Crippen molar-refractivity contribution in [1.29, 1.82) is 0 Å². The third-order valence-electron chi connectivity index (χ3n) is 2.75. The second kappa shape index (κ2) is 9.19. The van der Waals surface area contributed by atoms with Crippen molar-refractivity contribution in [1.82, 2.24) is 14.9 Å². The van der Waals surface area contributed by atoms with Crippen LogP contribution < -0.4 is 5.32 Å². The van der Waals surface area contributed by atoms with Crippen LogP contribution in [0.15, 0.2) is 12.4 Å². The molecule has 4 heteroatoms. The number of nitrogens with zero attached hydrogens (tertiary/aromatic N) is 2. The summed E-state index contributed by atoms with van der Waals surface area (Å²) in [5, 5.41) is 3.44. The number of unbranched alkanes of at least 4 members (excludes halogenated alkanes) is 2. The Labute approximate surface area is 104 Å². The molecule has 0 amide bonds. The van der Waals surface area contributed by atoms with Crippen molar-refractivity contribution in [2.75, 3.05) is 20.3 Å². The Hall–Kier alpha value is -0.870. The fourth-order valence-electron chi connectivity index (χ4n) is 1.83. The van der Waals surface area contributed by atoms with Crippen LogP contribution >= 0.6 is 0 Å². The van der Waals surface area contributed by atoms with Gasteiger partial charge in [-0.05, 0) is 32.2 Å². The van der Waals surface area contributed by atoms with Crippen LogP contribution in [0.4, 0.5) is 0 Å². The summed E-state index contributed by atoms with van der Waals surface area (Å²) in [4.78, 5) is 4.36. The molecule has 17 heavy (non-hydrogen) atoms. The summed E-state index contributed by atoms with van der Waals surface area (Å²) in [7, 11) is 1.76. The van der Waals surface area contributed by atoms with Gasteiger partial charge < -0.3 is 14.6 Å². The molecule has 0 saturated carbocycles. The third-order valence-corrected chi connectivity index (χ3v) is 2.75. The van der Waals surface area contributed by atoms with E-state index in [0.717, 1.165) is 44.9 Å². The molecule has 1 rings (SSSR count). The smallest absolute Gasteiger partial charge is 0.122 e. The summed E-state index contributed by atoms with van der Waals surface area (Å²) >= 11 is 0. The molecular formula is C13H25N3O. The number of aryl methyl sites for hydroxylation is 1. The fraction of sp³-hybridized carbons (Fsp3) is 0.769. The summed E-state index contributed by atoms with van der Waals surface area (Å²) in [6, 6.07) is 0. The highest BCUT2D eigenvalue weighted by Gasteiger charge is 2.00. The molecule has 1 N–H and O–H groups in total. The summed E-state index contributed by atoms with van der Waals surface area (Å²) in [5.41, 5.74) is 0. The quantitative estimate of drug-likeness (QED) is 0.636. The van der Waals surface area contributed by atoms with Crippen molar-refractivity contribution in [3.05, 3.63) is 18.2 Å². The van der Waals surface area contributed by atoms with Crippen LogP contribution in [0.3, 0.4) is 0 Å². The average molecular weight is 239 g/mol. The largest absolute Gasteiger partial charge is 0.385 e. The molecule has 0 spiro atoms. The number of hydrogen-bond donors (Lipinski definition) is 1. The van der Waals surface area contributed by atoms with Crippen LogP contribution in [-0.4, -0.2) is 29.8 Å². The Kier molecular flexibility index (Phi) is 7.67. The lowest BCUT2D eigenvalue weighted by atomic mass is 10.2. The molecule has 0 unspecified atom stereocenters. The number of imidazole rings is 1. The first-order valence-electron chi connectivity index (χ1n) is 6.58. The Balaban J connectivity index is 2.07. The first-order valence-corrected chi connectivity index (χ1v) is 6.58. The number of methoxy groups -OCH3 is 1. The van der Waals surface area contributed by atoms with E-state index in [0.29, 0.717) is 0 Å². The molecule has 0 aliphatic carbocycles. The van der Waals surface area contributed by atoms with Gasteiger partial charge in [-0.2, -0.15) is 0 Å². The topological polar surface area (TPSA) is 39.1 Å². The predicted octanol–water partition coefficient (Wildman–Crippen LogP) is 2.20. The zero-order valence-electron chi connectivity index (χ0n) is 11.1. The van der Waals surface area contributed by atoms with Crippen molar-refractivity contribution in [3.8, 4) is 0 Å². The lowest BCUT2D eigenvalue weighted by Gasteiger charge is -2.07. The Bertz CT molecular complexity index is 286. The predicted molar refractivity (Wildman–Crippen MR) is 70.0 cm³/mol. The minimum Gasteiger partial charge on any atom is -0.385 e. The first-order chi connectivity index (χ1) is 8.38. The van der Waals surface area contributed by atoms with Crippen LogP contribution in [-0.2, 0) is 17.8 Å². The maximum absolute atomic E-state index is 5.02. The van der Waals surface area contributed by atoms with E-state index in [4.69, 9.17) is 4.74 Å². The Morgan fingerprint density at radius 2 is 2.24 bits per heavy atom. The lowest BCUT2D eigenvalue weighted by molar-refractivity contribution is 0.192. The first kappa shape index (κ1) is 14.2. The van der Waals surface area contributed by atoms with E-state index in [1.165, 1.54) is 12.8 Å². The molecule has 1 aromatic heterocycles. The maximum Gasteiger partial charge on any atom is 0.122 e. The van der Waals surface area contributed by atoms with Gasteiger partial charge in [0.1, 0.15) is 5.82 Å². The van der Waals surface area contributed by atoms with Crippen LogP contribution in [0.2, 0.25) is 0 Å². The molecule has 4 nitrogen and oxygen atoms in total. The second-order valence-corrected chi connectivity index (χ2v) is 4.27. The normalized spacial score (nSPS) is 10.9. The average Bonchev–Trinajstić information content (AvgIpc) is 2.76. The highest BCUT2D eigenvalue weighted by atomic mass is 16.5. The van der Waals surface area contributed by atoms with Crippen LogP contribution in [0.1, 0.15) is 38.4 Å². The molecule has 0 atom stereocenters. The molecule has 1 heterocycles. The third kappa shape index (κ3) is 5.84. The summed E-state index contributed by atoms with van der Waals surface area (Å²) in [5.74, 6) is 1.14.